The number of para-hydroxylation sites is 2. The van der Waals surface area contributed by atoms with Crippen molar-refractivity contribution in [1.82, 2.24) is 9.55 Å². The molecule has 2 aromatic heterocycles. The highest BCUT2D eigenvalue weighted by Crippen LogP contribution is 2.31. The highest BCUT2D eigenvalue weighted by atomic mass is 16.4. The molecule has 5 heteroatoms. The second-order valence-electron chi connectivity index (χ2n) is 7.18. The Balaban J connectivity index is 2.08. The molecule has 25 heavy (non-hydrogen) atoms. The summed E-state index contributed by atoms with van der Waals surface area (Å²) in [7, 11) is 0. The summed E-state index contributed by atoms with van der Waals surface area (Å²) in [6.45, 7) is 6.27. The second-order valence-corrected chi connectivity index (χ2v) is 7.18. The van der Waals surface area contributed by atoms with Crippen LogP contribution in [-0.4, -0.2) is 9.55 Å². The zero-order chi connectivity index (χ0) is 17.8. The van der Waals surface area contributed by atoms with E-state index >= 15 is 0 Å². The van der Waals surface area contributed by atoms with E-state index in [1.54, 1.807) is 12.1 Å². The third-order valence-electron chi connectivity index (χ3n) is 4.23. The van der Waals surface area contributed by atoms with E-state index in [4.69, 9.17) is 15.1 Å². The molecule has 4 rings (SSSR count). The molecular weight excluding hydrogens is 314 g/mol. The van der Waals surface area contributed by atoms with Crippen LogP contribution in [0.15, 0.2) is 57.7 Å². The Kier molecular flexibility index (Phi) is 3.22. The molecule has 2 heterocycles. The Morgan fingerprint density at radius 2 is 1.84 bits per heavy atom. The summed E-state index contributed by atoms with van der Waals surface area (Å²) in [5, 5.41) is 0.816. The van der Waals surface area contributed by atoms with Gasteiger partial charge in [0.2, 0.25) is 0 Å². The maximum atomic E-state index is 12.6. The van der Waals surface area contributed by atoms with E-state index in [0.717, 1.165) is 16.4 Å². The lowest BCUT2D eigenvalue weighted by atomic mass is 10.1. The van der Waals surface area contributed by atoms with Gasteiger partial charge in [-0.25, -0.2) is 9.78 Å². The molecule has 0 aliphatic heterocycles. The van der Waals surface area contributed by atoms with E-state index < -0.39 is 5.63 Å². The van der Waals surface area contributed by atoms with Crippen LogP contribution in [0.25, 0.3) is 33.4 Å². The van der Waals surface area contributed by atoms with Crippen LogP contribution >= 0.6 is 0 Å². The fourth-order valence-corrected chi connectivity index (χ4v) is 3.17. The highest BCUT2D eigenvalue weighted by Gasteiger charge is 2.24. The van der Waals surface area contributed by atoms with Crippen LogP contribution in [0.5, 0.6) is 0 Å². The van der Waals surface area contributed by atoms with Crippen molar-refractivity contribution in [3.05, 3.63) is 59.0 Å². The maximum absolute atomic E-state index is 12.6. The number of hydrogen-bond acceptors (Lipinski definition) is 4. The van der Waals surface area contributed by atoms with Gasteiger partial charge >= 0.3 is 5.63 Å². The molecule has 4 aromatic rings. The van der Waals surface area contributed by atoms with Crippen LogP contribution in [0.1, 0.15) is 20.8 Å². The summed E-state index contributed by atoms with van der Waals surface area (Å²) in [5.74, 6) is 0.612. The molecule has 0 radical (unpaired) electrons. The number of imidazole rings is 1. The lowest BCUT2D eigenvalue weighted by Crippen LogP contribution is -2.23. The molecule has 0 amide bonds. The van der Waals surface area contributed by atoms with Crippen LogP contribution in [0.2, 0.25) is 0 Å². The Morgan fingerprint density at radius 3 is 2.60 bits per heavy atom. The number of aromatic nitrogens is 2. The van der Waals surface area contributed by atoms with Gasteiger partial charge in [-0.15, -0.1) is 0 Å². The average Bonchev–Trinajstić information content (AvgIpc) is 2.93. The summed E-state index contributed by atoms with van der Waals surface area (Å²) in [6.07, 6.45) is 0. The second kappa shape index (κ2) is 5.21. The number of hydrogen-bond donors (Lipinski definition) is 1. The summed E-state index contributed by atoms with van der Waals surface area (Å²) in [4.78, 5) is 17.4. The van der Waals surface area contributed by atoms with E-state index in [-0.39, 0.29) is 5.54 Å². The lowest BCUT2D eigenvalue weighted by Gasteiger charge is -2.24. The van der Waals surface area contributed by atoms with Crippen molar-refractivity contribution in [2.45, 2.75) is 26.3 Å². The summed E-state index contributed by atoms with van der Waals surface area (Å²) < 4.78 is 7.58. The third kappa shape index (κ3) is 2.48. The summed E-state index contributed by atoms with van der Waals surface area (Å²) in [5.41, 5.74) is 8.44. The van der Waals surface area contributed by atoms with E-state index in [0.29, 0.717) is 22.7 Å². The molecule has 0 saturated heterocycles. The molecule has 2 N–H and O–H groups in total. The molecule has 0 fully saturated rings. The van der Waals surface area contributed by atoms with Gasteiger partial charge in [-0.3, -0.25) is 0 Å². The van der Waals surface area contributed by atoms with Gasteiger partial charge in [0.25, 0.3) is 0 Å². The van der Waals surface area contributed by atoms with Crippen LogP contribution in [0.4, 0.5) is 5.69 Å². The molecule has 126 valence electrons. The normalized spacial score (nSPS) is 12.1. The maximum Gasteiger partial charge on any atom is 0.347 e. The first-order valence-electron chi connectivity index (χ1n) is 8.16. The van der Waals surface area contributed by atoms with Crippen molar-refractivity contribution in [3.8, 4) is 11.4 Å². The fraction of sp³-hybridized carbons (Fsp3) is 0.200. The van der Waals surface area contributed by atoms with Crippen molar-refractivity contribution in [2.75, 3.05) is 5.73 Å². The van der Waals surface area contributed by atoms with Crippen molar-refractivity contribution in [1.29, 1.82) is 0 Å². The number of fused-ring (bicyclic) bond motifs is 2. The highest BCUT2D eigenvalue weighted by molar-refractivity contribution is 5.86. The standard InChI is InChI=1S/C20H19N3O2/c1-20(2,3)23-16-7-5-4-6-15(16)22-18(23)14-10-12-8-9-13(21)11-17(12)25-19(14)24/h4-11H,21H2,1-3H3. The van der Waals surface area contributed by atoms with Crippen molar-refractivity contribution < 1.29 is 4.42 Å². The number of nitrogens with zero attached hydrogens (tertiary/aromatic N) is 2. The number of rotatable bonds is 1. The van der Waals surface area contributed by atoms with Gasteiger partial charge in [0.1, 0.15) is 17.0 Å². The van der Waals surface area contributed by atoms with E-state index in [1.165, 1.54) is 0 Å². The topological polar surface area (TPSA) is 74.1 Å². The monoisotopic (exact) mass is 333 g/mol. The summed E-state index contributed by atoms with van der Waals surface area (Å²) in [6, 6.07) is 15.0. The van der Waals surface area contributed by atoms with Gasteiger partial charge in [0, 0.05) is 22.7 Å². The molecule has 0 unspecified atom stereocenters. The first kappa shape index (κ1) is 15.4. The number of nitrogen functional groups attached to an aromatic ring is 1. The minimum Gasteiger partial charge on any atom is -0.422 e. The molecule has 5 nitrogen and oxygen atoms in total. The van der Waals surface area contributed by atoms with Crippen LogP contribution in [0, 0.1) is 0 Å². The number of anilines is 1. The van der Waals surface area contributed by atoms with Gasteiger partial charge in [-0.05, 0) is 51.1 Å². The average molecular weight is 333 g/mol. The van der Waals surface area contributed by atoms with E-state index in [9.17, 15) is 4.79 Å². The van der Waals surface area contributed by atoms with Crippen LogP contribution < -0.4 is 11.4 Å². The Bertz CT molecular complexity index is 1160. The quantitative estimate of drug-likeness (QED) is 0.419. The van der Waals surface area contributed by atoms with Gasteiger partial charge in [-0.2, -0.15) is 0 Å². The van der Waals surface area contributed by atoms with Gasteiger partial charge in [0.15, 0.2) is 0 Å². The molecule has 0 saturated carbocycles. The molecule has 0 aliphatic rings. The predicted molar refractivity (Wildman–Crippen MR) is 101 cm³/mol. The third-order valence-corrected chi connectivity index (χ3v) is 4.23. The van der Waals surface area contributed by atoms with Gasteiger partial charge in [0.05, 0.1) is 11.0 Å². The van der Waals surface area contributed by atoms with E-state index in [2.05, 4.69) is 25.3 Å². The Labute approximate surface area is 144 Å². The zero-order valence-electron chi connectivity index (χ0n) is 14.4. The van der Waals surface area contributed by atoms with E-state index in [1.807, 2.05) is 36.4 Å². The predicted octanol–water partition coefficient (Wildman–Crippen LogP) is 4.15. The molecular formula is C20H19N3O2. The van der Waals surface area contributed by atoms with Crippen molar-refractivity contribution in [2.24, 2.45) is 0 Å². The first-order valence-corrected chi connectivity index (χ1v) is 8.16. The summed E-state index contributed by atoms with van der Waals surface area (Å²) >= 11 is 0. The molecule has 2 aromatic carbocycles. The smallest absolute Gasteiger partial charge is 0.347 e. The van der Waals surface area contributed by atoms with Crippen molar-refractivity contribution >= 4 is 27.7 Å². The largest absolute Gasteiger partial charge is 0.422 e. The zero-order valence-corrected chi connectivity index (χ0v) is 14.4. The number of benzene rings is 2. The fourth-order valence-electron chi connectivity index (χ4n) is 3.17. The minimum absolute atomic E-state index is 0.242. The van der Waals surface area contributed by atoms with Crippen LogP contribution in [-0.2, 0) is 5.54 Å². The van der Waals surface area contributed by atoms with Crippen LogP contribution in [0.3, 0.4) is 0 Å². The Hall–Kier alpha value is -3.08. The molecule has 0 spiro atoms. The molecule has 0 bridgehead atoms. The molecule has 0 atom stereocenters. The first-order chi connectivity index (χ1) is 11.8. The molecule has 0 aliphatic carbocycles. The minimum atomic E-state index is -0.418. The lowest BCUT2D eigenvalue weighted by molar-refractivity contribution is 0.412. The SMILES string of the molecule is CC(C)(C)n1c(-c2cc3ccc(N)cc3oc2=O)nc2ccccc21. The Morgan fingerprint density at radius 1 is 1.08 bits per heavy atom. The number of nitrogens with two attached hydrogens (primary N) is 1. The van der Waals surface area contributed by atoms with Gasteiger partial charge in [-0.1, -0.05) is 12.1 Å². The van der Waals surface area contributed by atoms with Crippen molar-refractivity contribution in [3.63, 3.8) is 0 Å². The van der Waals surface area contributed by atoms with Gasteiger partial charge < -0.3 is 14.7 Å².